The average molecular weight is 361 g/mol. The lowest BCUT2D eigenvalue weighted by Crippen LogP contribution is -2.41. The molecule has 0 radical (unpaired) electrons. The van der Waals surface area contributed by atoms with Gasteiger partial charge in [0.15, 0.2) is 0 Å². The Morgan fingerprint density at radius 3 is 1.71 bits per heavy atom. The van der Waals surface area contributed by atoms with Crippen molar-refractivity contribution in [2.75, 3.05) is 13.7 Å². The van der Waals surface area contributed by atoms with Crippen molar-refractivity contribution in [1.82, 2.24) is 0 Å². The highest BCUT2D eigenvalue weighted by molar-refractivity contribution is 6.66. The van der Waals surface area contributed by atoms with Crippen molar-refractivity contribution in [3.63, 3.8) is 0 Å². The Morgan fingerprint density at radius 1 is 0.792 bits per heavy atom. The van der Waals surface area contributed by atoms with Gasteiger partial charge in [-0.1, -0.05) is 78.1 Å². The minimum atomic E-state index is -2.12. The number of aliphatic hydroxyl groups excluding tert-OH is 1. The second-order valence-corrected chi connectivity index (χ2v) is 10.7. The summed E-state index contributed by atoms with van der Waals surface area (Å²) in [6, 6.07) is 0.891. The molecule has 0 saturated heterocycles. The van der Waals surface area contributed by atoms with E-state index in [0.717, 1.165) is 12.5 Å². The van der Waals surface area contributed by atoms with E-state index < -0.39 is 8.56 Å². The number of rotatable bonds is 18. The van der Waals surface area contributed by atoms with Gasteiger partial charge in [0.1, 0.15) is 0 Å². The van der Waals surface area contributed by atoms with Crippen LogP contribution in [0.3, 0.4) is 0 Å². The highest BCUT2D eigenvalue weighted by atomic mass is 28.4. The number of unbranched alkanes of at least 4 members (excludes halogenated alkanes) is 8. The summed E-state index contributed by atoms with van der Waals surface area (Å²) in [5, 5.41) is 9.12. The maximum absolute atomic E-state index is 9.12. The molecule has 0 heterocycles. The van der Waals surface area contributed by atoms with Crippen LogP contribution >= 0.6 is 0 Å². The molecule has 0 rings (SSSR count). The van der Waals surface area contributed by atoms with Crippen molar-refractivity contribution in [3.05, 3.63) is 0 Å². The molecule has 0 aliphatic carbocycles. The van der Waals surface area contributed by atoms with Crippen LogP contribution in [0.2, 0.25) is 12.6 Å². The van der Waals surface area contributed by atoms with Crippen LogP contribution in [0.5, 0.6) is 0 Å². The first-order valence-electron chi connectivity index (χ1n) is 10.5. The van der Waals surface area contributed by atoms with Crippen molar-refractivity contribution in [1.29, 1.82) is 0 Å². The summed E-state index contributed by atoms with van der Waals surface area (Å²) in [5.41, 5.74) is 0. The van der Waals surface area contributed by atoms with Gasteiger partial charge in [-0.15, -0.1) is 0 Å². The molecule has 0 fully saturated rings. The summed E-state index contributed by atoms with van der Waals surface area (Å²) < 4.78 is 12.3. The third-order valence-electron chi connectivity index (χ3n) is 4.90. The molecular weight excluding hydrogens is 316 g/mol. The first-order chi connectivity index (χ1) is 11.6. The Bertz CT molecular complexity index is 249. The molecule has 0 aromatic heterocycles. The minimum absolute atomic E-state index is 0.230. The quantitative estimate of drug-likeness (QED) is 0.234. The summed E-state index contributed by atoms with van der Waals surface area (Å²) >= 11 is 0. The lowest BCUT2D eigenvalue weighted by Gasteiger charge is -2.31. The van der Waals surface area contributed by atoms with Gasteiger partial charge in [0, 0.05) is 19.8 Å². The summed E-state index contributed by atoms with van der Waals surface area (Å²) in [5.74, 6) is 0. The molecule has 0 bridgehead atoms. The SMILES string of the molecule is CCCCCCCC(CCCCCCC)O[Si](C)(CCCO)OC. The Hall–Kier alpha value is 0.0969. The van der Waals surface area contributed by atoms with E-state index >= 15 is 0 Å². The van der Waals surface area contributed by atoms with Crippen molar-refractivity contribution in [2.45, 2.75) is 116 Å². The van der Waals surface area contributed by atoms with Gasteiger partial charge in [0.2, 0.25) is 0 Å². The van der Waals surface area contributed by atoms with Gasteiger partial charge in [-0.25, -0.2) is 0 Å². The fourth-order valence-corrected chi connectivity index (χ4v) is 5.33. The third kappa shape index (κ3) is 13.4. The van der Waals surface area contributed by atoms with Crippen molar-refractivity contribution in [2.24, 2.45) is 0 Å². The lowest BCUT2D eigenvalue weighted by molar-refractivity contribution is 0.111. The van der Waals surface area contributed by atoms with Gasteiger partial charge < -0.3 is 14.0 Å². The molecule has 0 aliphatic rings. The number of hydrogen-bond donors (Lipinski definition) is 1. The Kier molecular flexibility index (Phi) is 16.6. The molecule has 1 N–H and O–H groups in total. The Balaban J connectivity index is 4.30. The summed E-state index contributed by atoms with van der Waals surface area (Å²) in [7, 11) is -0.337. The van der Waals surface area contributed by atoms with E-state index in [1.54, 1.807) is 7.11 Å². The number of aliphatic hydroxyl groups is 1. The van der Waals surface area contributed by atoms with Gasteiger partial charge in [0.05, 0.1) is 0 Å². The highest BCUT2D eigenvalue weighted by Crippen LogP contribution is 2.23. The van der Waals surface area contributed by atoms with Crippen LogP contribution in [0.4, 0.5) is 0 Å². The Morgan fingerprint density at radius 2 is 1.29 bits per heavy atom. The maximum atomic E-state index is 9.12. The largest absolute Gasteiger partial charge is 0.398 e. The smallest absolute Gasteiger partial charge is 0.334 e. The van der Waals surface area contributed by atoms with Crippen molar-refractivity contribution in [3.8, 4) is 0 Å². The molecule has 3 nitrogen and oxygen atoms in total. The molecule has 0 aromatic rings. The predicted octanol–water partition coefficient (Wildman–Crippen LogP) is 6.19. The van der Waals surface area contributed by atoms with Crippen LogP contribution in [-0.4, -0.2) is 33.5 Å². The van der Waals surface area contributed by atoms with E-state index in [2.05, 4.69) is 20.4 Å². The standard InChI is InChI=1S/C20H44O3Si/c1-5-7-9-11-13-16-20(17-14-12-10-8-6-2)23-24(4,22-3)19-15-18-21/h20-21H,5-19H2,1-4H3. The molecular formula is C20H44O3Si. The molecule has 0 aromatic carbocycles. The molecule has 0 amide bonds. The van der Waals surface area contributed by atoms with Gasteiger partial charge in [0.25, 0.3) is 0 Å². The van der Waals surface area contributed by atoms with Gasteiger partial charge in [-0.2, -0.15) is 0 Å². The lowest BCUT2D eigenvalue weighted by atomic mass is 10.0. The fraction of sp³-hybridized carbons (Fsp3) is 1.00. The van der Waals surface area contributed by atoms with Crippen LogP contribution in [0.25, 0.3) is 0 Å². The van der Waals surface area contributed by atoms with E-state index in [1.807, 2.05) is 0 Å². The van der Waals surface area contributed by atoms with Gasteiger partial charge in [-0.3, -0.25) is 0 Å². The summed E-state index contributed by atoms with van der Waals surface area (Å²) in [4.78, 5) is 0. The topological polar surface area (TPSA) is 38.7 Å². The first kappa shape index (κ1) is 24.1. The van der Waals surface area contributed by atoms with Crippen LogP contribution in [0.15, 0.2) is 0 Å². The van der Waals surface area contributed by atoms with Gasteiger partial charge in [-0.05, 0) is 31.9 Å². The van der Waals surface area contributed by atoms with Crippen LogP contribution in [-0.2, 0) is 8.85 Å². The second-order valence-electron chi connectivity index (χ2n) is 7.31. The predicted molar refractivity (Wildman–Crippen MR) is 107 cm³/mol. The molecule has 146 valence electrons. The first-order valence-corrected chi connectivity index (χ1v) is 13.0. The minimum Gasteiger partial charge on any atom is -0.398 e. The van der Waals surface area contributed by atoms with E-state index in [1.165, 1.54) is 77.0 Å². The van der Waals surface area contributed by atoms with E-state index in [9.17, 15) is 0 Å². The average Bonchev–Trinajstić information content (AvgIpc) is 2.59. The van der Waals surface area contributed by atoms with E-state index in [0.29, 0.717) is 6.10 Å². The molecule has 24 heavy (non-hydrogen) atoms. The Labute approximate surface area is 152 Å². The van der Waals surface area contributed by atoms with E-state index in [-0.39, 0.29) is 6.61 Å². The van der Waals surface area contributed by atoms with Crippen molar-refractivity contribution < 1.29 is 14.0 Å². The maximum Gasteiger partial charge on any atom is 0.334 e. The molecule has 1 unspecified atom stereocenters. The molecule has 0 saturated carbocycles. The molecule has 1 atom stereocenters. The highest BCUT2D eigenvalue weighted by Gasteiger charge is 2.32. The fourth-order valence-electron chi connectivity index (χ4n) is 3.18. The molecule has 0 aliphatic heterocycles. The summed E-state index contributed by atoms with van der Waals surface area (Å²) in [6.07, 6.45) is 16.7. The monoisotopic (exact) mass is 360 g/mol. The number of hydrogen-bond acceptors (Lipinski definition) is 3. The van der Waals surface area contributed by atoms with Gasteiger partial charge >= 0.3 is 8.56 Å². The summed E-state index contributed by atoms with van der Waals surface area (Å²) in [6.45, 7) is 6.91. The van der Waals surface area contributed by atoms with Crippen molar-refractivity contribution >= 4 is 8.56 Å². The normalized spacial score (nSPS) is 14.2. The van der Waals surface area contributed by atoms with Crippen LogP contribution < -0.4 is 0 Å². The zero-order valence-electron chi connectivity index (χ0n) is 16.9. The second kappa shape index (κ2) is 16.6. The molecule has 0 spiro atoms. The molecule has 4 heteroatoms. The van der Waals surface area contributed by atoms with Crippen LogP contribution in [0, 0.1) is 0 Å². The zero-order valence-corrected chi connectivity index (χ0v) is 17.9. The third-order valence-corrected chi connectivity index (χ3v) is 7.85. The van der Waals surface area contributed by atoms with E-state index in [4.69, 9.17) is 14.0 Å². The van der Waals surface area contributed by atoms with Crippen LogP contribution in [0.1, 0.15) is 97.3 Å². The zero-order chi connectivity index (χ0) is 18.1.